The topological polar surface area (TPSA) is 49.4 Å². The van der Waals surface area contributed by atoms with Crippen LogP contribution in [0, 0.1) is 6.92 Å². The van der Waals surface area contributed by atoms with Crippen LogP contribution in [0.3, 0.4) is 0 Å². The van der Waals surface area contributed by atoms with Crippen LogP contribution < -0.4 is 5.43 Å². The third kappa shape index (κ3) is 3.44. The number of hydrogen-bond acceptors (Lipinski definition) is 3. The highest BCUT2D eigenvalue weighted by molar-refractivity contribution is 7.89. The lowest BCUT2D eigenvalue weighted by molar-refractivity contribution is 0.348. The second-order valence-electron chi connectivity index (χ2n) is 6.64. The zero-order valence-corrected chi connectivity index (χ0v) is 16.8. The van der Waals surface area contributed by atoms with E-state index < -0.39 is 16.1 Å². The van der Waals surface area contributed by atoms with Crippen molar-refractivity contribution in [1.29, 1.82) is 0 Å². The van der Waals surface area contributed by atoms with E-state index in [1.165, 1.54) is 4.41 Å². The first kappa shape index (κ1) is 18.7. The number of hydrogen-bond donors (Lipinski definition) is 1. The maximum atomic E-state index is 13.3. The van der Waals surface area contributed by atoms with Gasteiger partial charge in [-0.2, -0.15) is 0 Å². The number of benzene rings is 3. The zero-order chi connectivity index (χ0) is 19.7. The first-order valence-corrected chi connectivity index (χ1v) is 10.7. The van der Waals surface area contributed by atoms with Gasteiger partial charge in [-0.15, -0.1) is 4.41 Å². The van der Waals surface area contributed by atoms with Gasteiger partial charge in [-0.3, -0.25) is 0 Å². The lowest BCUT2D eigenvalue weighted by Crippen LogP contribution is -2.39. The molecule has 1 aliphatic rings. The average molecular weight is 411 g/mol. The Morgan fingerprint density at radius 1 is 0.893 bits per heavy atom. The number of hydrazine groups is 1. The standard InChI is InChI=1S/C22H19ClN2O2S/c1-16-11-13-17(14-12-16)21-15-22(19-9-5-6-10-20(19)23)25(24-21)28(26,27)18-7-3-2-4-8-18/h2-15,22,24H,1H3. The van der Waals surface area contributed by atoms with Crippen LogP contribution in [0.2, 0.25) is 5.02 Å². The van der Waals surface area contributed by atoms with Crippen LogP contribution in [-0.4, -0.2) is 12.8 Å². The Morgan fingerprint density at radius 3 is 2.21 bits per heavy atom. The molecule has 1 aliphatic heterocycles. The van der Waals surface area contributed by atoms with Crippen molar-refractivity contribution < 1.29 is 8.42 Å². The van der Waals surface area contributed by atoms with E-state index in [1.807, 2.05) is 55.5 Å². The minimum absolute atomic E-state index is 0.220. The molecule has 28 heavy (non-hydrogen) atoms. The summed E-state index contributed by atoms with van der Waals surface area (Å²) in [5.41, 5.74) is 6.58. The molecule has 0 radical (unpaired) electrons. The molecule has 142 valence electrons. The highest BCUT2D eigenvalue weighted by Gasteiger charge is 2.37. The van der Waals surface area contributed by atoms with Gasteiger partial charge in [-0.1, -0.05) is 77.8 Å². The van der Waals surface area contributed by atoms with E-state index in [0.717, 1.165) is 22.4 Å². The summed E-state index contributed by atoms with van der Waals surface area (Å²) in [6.07, 6.45) is 1.90. The number of rotatable bonds is 4. The number of nitrogens with one attached hydrogen (secondary N) is 1. The number of halogens is 1. The quantitative estimate of drug-likeness (QED) is 0.662. The average Bonchev–Trinajstić information content (AvgIpc) is 3.15. The Balaban J connectivity index is 1.81. The second kappa shape index (κ2) is 7.43. The molecule has 0 spiro atoms. The van der Waals surface area contributed by atoms with Crippen molar-refractivity contribution in [3.8, 4) is 0 Å². The van der Waals surface area contributed by atoms with Gasteiger partial charge in [0.05, 0.1) is 16.6 Å². The molecule has 6 heteroatoms. The van der Waals surface area contributed by atoms with Crippen LogP contribution in [0.15, 0.2) is 89.8 Å². The normalized spacial score (nSPS) is 17.2. The van der Waals surface area contributed by atoms with Crippen molar-refractivity contribution in [2.75, 3.05) is 0 Å². The summed E-state index contributed by atoms with van der Waals surface area (Å²) >= 11 is 6.40. The molecule has 1 atom stereocenters. The maximum absolute atomic E-state index is 13.3. The van der Waals surface area contributed by atoms with E-state index >= 15 is 0 Å². The highest BCUT2D eigenvalue weighted by atomic mass is 35.5. The Labute approximate surface area is 170 Å². The van der Waals surface area contributed by atoms with Crippen LogP contribution in [0.25, 0.3) is 5.70 Å². The molecule has 0 bridgehead atoms. The predicted octanol–water partition coefficient (Wildman–Crippen LogP) is 4.94. The van der Waals surface area contributed by atoms with Crippen LogP contribution >= 0.6 is 11.6 Å². The molecule has 0 aromatic heterocycles. The molecule has 1 heterocycles. The van der Waals surface area contributed by atoms with Gasteiger partial charge in [-0.05, 0) is 42.3 Å². The molecule has 3 aromatic carbocycles. The second-order valence-corrected chi connectivity index (χ2v) is 8.86. The van der Waals surface area contributed by atoms with Crippen molar-refractivity contribution in [2.45, 2.75) is 17.9 Å². The molecule has 3 aromatic rings. The summed E-state index contributed by atoms with van der Waals surface area (Å²) in [4.78, 5) is 0.220. The van der Waals surface area contributed by atoms with Crippen molar-refractivity contribution in [2.24, 2.45) is 0 Å². The number of aryl methyl sites for hydroxylation is 1. The SMILES string of the molecule is Cc1ccc(C2=CC(c3ccccc3Cl)N(S(=O)(=O)c3ccccc3)N2)cc1. The fourth-order valence-corrected chi connectivity index (χ4v) is 4.86. The van der Waals surface area contributed by atoms with Gasteiger partial charge in [-0.25, -0.2) is 8.42 Å². The zero-order valence-electron chi connectivity index (χ0n) is 15.2. The van der Waals surface area contributed by atoms with Crippen molar-refractivity contribution in [3.63, 3.8) is 0 Å². The lowest BCUT2D eigenvalue weighted by Gasteiger charge is -2.25. The van der Waals surface area contributed by atoms with E-state index in [-0.39, 0.29) is 4.90 Å². The molecule has 0 saturated carbocycles. The molecular weight excluding hydrogens is 392 g/mol. The highest BCUT2D eigenvalue weighted by Crippen LogP contribution is 2.37. The Bertz CT molecular complexity index is 1130. The van der Waals surface area contributed by atoms with E-state index in [4.69, 9.17) is 11.6 Å². The molecule has 1 N–H and O–H groups in total. The van der Waals surface area contributed by atoms with Gasteiger partial charge in [0, 0.05) is 5.02 Å². The fraction of sp³-hybridized carbons (Fsp3) is 0.0909. The van der Waals surface area contributed by atoms with Crippen molar-refractivity contribution >= 4 is 27.3 Å². The molecule has 0 fully saturated rings. The smallest absolute Gasteiger partial charge is 0.260 e. The maximum Gasteiger partial charge on any atom is 0.260 e. The molecule has 4 nitrogen and oxygen atoms in total. The van der Waals surface area contributed by atoms with Crippen LogP contribution in [0.5, 0.6) is 0 Å². The van der Waals surface area contributed by atoms with Gasteiger partial charge >= 0.3 is 0 Å². The molecule has 0 amide bonds. The van der Waals surface area contributed by atoms with Gasteiger partial charge in [0.2, 0.25) is 0 Å². The lowest BCUT2D eigenvalue weighted by atomic mass is 10.0. The van der Waals surface area contributed by atoms with Gasteiger partial charge in [0.1, 0.15) is 0 Å². The number of nitrogens with zero attached hydrogens (tertiary/aromatic N) is 1. The van der Waals surface area contributed by atoms with Crippen LogP contribution in [0.4, 0.5) is 0 Å². The van der Waals surface area contributed by atoms with E-state index in [9.17, 15) is 8.42 Å². The molecule has 0 aliphatic carbocycles. The summed E-state index contributed by atoms with van der Waals surface area (Å²) in [5, 5.41) is 0.518. The first-order valence-electron chi connectivity index (χ1n) is 8.86. The van der Waals surface area contributed by atoms with Crippen molar-refractivity contribution in [1.82, 2.24) is 9.84 Å². The van der Waals surface area contributed by atoms with Gasteiger partial charge in [0.15, 0.2) is 0 Å². The first-order chi connectivity index (χ1) is 13.5. The molecular formula is C22H19ClN2O2S. The summed E-state index contributed by atoms with van der Waals surface area (Å²) in [6, 6.07) is 23.0. The minimum Gasteiger partial charge on any atom is -0.304 e. The summed E-state index contributed by atoms with van der Waals surface area (Å²) in [5.74, 6) is 0. The number of sulfonamides is 1. The Kier molecular flexibility index (Phi) is 4.98. The van der Waals surface area contributed by atoms with E-state index in [2.05, 4.69) is 5.43 Å². The van der Waals surface area contributed by atoms with Crippen LogP contribution in [-0.2, 0) is 10.0 Å². The summed E-state index contributed by atoms with van der Waals surface area (Å²) in [7, 11) is -3.79. The molecule has 4 rings (SSSR count). The van der Waals surface area contributed by atoms with Gasteiger partial charge in [0.25, 0.3) is 10.0 Å². The Hall–Kier alpha value is -2.60. The third-order valence-electron chi connectivity index (χ3n) is 4.69. The summed E-state index contributed by atoms with van der Waals surface area (Å²) < 4.78 is 28.0. The minimum atomic E-state index is -3.79. The third-order valence-corrected chi connectivity index (χ3v) is 6.74. The predicted molar refractivity (Wildman–Crippen MR) is 112 cm³/mol. The Morgan fingerprint density at radius 2 is 1.54 bits per heavy atom. The van der Waals surface area contributed by atoms with E-state index in [0.29, 0.717) is 5.02 Å². The summed E-state index contributed by atoms with van der Waals surface area (Å²) in [6.45, 7) is 2.01. The van der Waals surface area contributed by atoms with Gasteiger partial charge < -0.3 is 5.43 Å². The molecule has 1 unspecified atom stereocenters. The van der Waals surface area contributed by atoms with Crippen molar-refractivity contribution in [3.05, 3.63) is 107 Å². The fourth-order valence-electron chi connectivity index (χ4n) is 3.19. The monoisotopic (exact) mass is 410 g/mol. The van der Waals surface area contributed by atoms with E-state index in [1.54, 1.807) is 36.4 Å². The molecule has 0 saturated heterocycles. The largest absolute Gasteiger partial charge is 0.304 e. The van der Waals surface area contributed by atoms with Crippen LogP contribution in [0.1, 0.15) is 22.7 Å².